The Labute approximate surface area is 91.0 Å². The van der Waals surface area contributed by atoms with E-state index in [9.17, 15) is 4.79 Å². The Morgan fingerprint density at radius 2 is 2.44 bits per heavy atom. The van der Waals surface area contributed by atoms with Crippen molar-refractivity contribution in [2.45, 2.75) is 6.42 Å². The van der Waals surface area contributed by atoms with Crippen LogP contribution in [-0.4, -0.2) is 32.8 Å². The van der Waals surface area contributed by atoms with Crippen LogP contribution in [0.2, 0.25) is 0 Å². The summed E-state index contributed by atoms with van der Waals surface area (Å²) < 4.78 is 11.1. The predicted octanol–water partition coefficient (Wildman–Crippen LogP) is 0.186. The summed E-state index contributed by atoms with van der Waals surface area (Å²) in [6, 6.07) is 0. The van der Waals surface area contributed by atoms with E-state index in [0.717, 1.165) is 0 Å². The molecule has 2 aromatic rings. The summed E-state index contributed by atoms with van der Waals surface area (Å²) in [5, 5.41) is 3.73. The van der Waals surface area contributed by atoms with E-state index in [1.165, 1.54) is 7.11 Å². The van der Waals surface area contributed by atoms with Gasteiger partial charge in [-0.1, -0.05) is 5.16 Å². The number of aromatic nitrogens is 4. The minimum absolute atomic E-state index is 0.0338. The Bertz CT molecular complexity index is 502. The lowest BCUT2D eigenvalue weighted by atomic mass is 10.4. The summed E-state index contributed by atoms with van der Waals surface area (Å²) >= 11 is 0. The van der Waals surface area contributed by atoms with Gasteiger partial charge < -0.3 is 13.8 Å². The van der Waals surface area contributed by atoms with Crippen molar-refractivity contribution < 1.29 is 14.1 Å². The zero-order valence-electron chi connectivity index (χ0n) is 8.88. The Morgan fingerprint density at radius 1 is 1.62 bits per heavy atom. The lowest BCUT2D eigenvalue weighted by Crippen LogP contribution is -2.04. The fraction of sp³-hybridized carbons (Fsp3) is 0.333. The van der Waals surface area contributed by atoms with Crippen LogP contribution >= 0.6 is 0 Å². The number of hydrogen-bond donors (Lipinski definition) is 0. The highest BCUT2D eigenvalue weighted by molar-refractivity contribution is 5.71. The van der Waals surface area contributed by atoms with Crippen LogP contribution in [0.1, 0.15) is 5.89 Å². The summed E-state index contributed by atoms with van der Waals surface area (Å²) in [4.78, 5) is 19.1. The second kappa shape index (κ2) is 4.13. The summed E-state index contributed by atoms with van der Waals surface area (Å²) in [5.41, 5.74) is 0. The second-order valence-electron chi connectivity index (χ2n) is 3.13. The highest BCUT2D eigenvalue weighted by Gasteiger charge is 2.14. The summed E-state index contributed by atoms with van der Waals surface area (Å²) in [6.45, 7) is 0. The molecular formula is C9H10N4O3. The van der Waals surface area contributed by atoms with Gasteiger partial charge in [-0.25, -0.2) is 4.98 Å². The molecule has 0 aliphatic carbocycles. The molecule has 16 heavy (non-hydrogen) atoms. The minimum atomic E-state index is -0.421. The van der Waals surface area contributed by atoms with Gasteiger partial charge in [-0.2, -0.15) is 4.98 Å². The van der Waals surface area contributed by atoms with Gasteiger partial charge in [-0.15, -0.1) is 0 Å². The molecule has 0 radical (unpaired) electrons. The maximum absolute atomic E-state index is 11.0. The highest BCUT2D eigenvalue weighted by atomic mass is 16.5. The van der Waals surface area contributed by atoms with Crippen LogP contribution in [0.15, 0.2) is 16.9 Å². The normalized spacial score (nSPS) is 10.4. The van der Waals surface area contributed by atoms with Gasteiger partial charge in [-0.05, 0) is 0 Å². The van der Waals surface area contributed by atoms with Gasteiger partial charge in [-0.3, -0.25) is 4.79 Å². The SMILES string of the molecule is COC(=O)Cc1nc(-c2nccn2C)no1. The van der Waals surface area contributed by atoms with Gasteiger partial charge in [0.05, 0.1) is 7.11 Å². The molecule has 84 valence electrons. The Kier molecular flexibility index (Phi) is 2.67. The van der Waals surface area contributed by atoms with Crippen molar-refractivity contribution in [2.24, 2.45) is 7.05 Å². The first kappa shape index (κ1) is 10.3. The maximum atomic E-state index is 11.0. The van der Waals surface area contributed by atoms with Gasteiger partial charge in [0.25, 0.3) is 0 Å². The number of ether oxygens (including phenoxy) is 1. The van der Waals surface area contributed by atoms with Gasteiger partial charge in [0, 0.05) is 19.4 Å². The van der Waals surface area contributed by atoms with E-state index in [1.54, 1.807) is 17.0 Å². The van der Waals surface area contributed by atoms with E-state index < -0.39 is 5.97 Å². The van der Waals surface area contributed by atoms with Gasteiger partial charge in [0.1, 0.15) is 6.42 Å². The largest absolute Gasteiger partial charge is 0.469 e. The fourth-order valence-electron chi connectivity index (χ4n) is 1.19. The lowest BCUT2D eigenvalue weighted by molar-refractivity contribution is -0.140. The molecule has 2 heterocycles. The molecule has 2 rings (SSSR count). The minimum Gasteiger partial charge on any atom is -0.469 e. The molecule has 0 N–H and O–H groups in total. The number of aryl methyl sites for hydroxylation is 1. The molecule has 0 aliphatic heterocycles. The Morgan fingerprint density at radius 3 is 3.06 bits per heavy atom. The number of imidazole rings is 1. The molecule has 0 amide bonds. The quantitative estimate of drug-likeness (QED) is 0.689. The molecule has 0 unspecified atom stereocenters. The van der Waals surface area contributed by atoms with Crippen LogP contribution in [0.4, 0.5) is 0 Å². The maximum Gasteiger partial charge on any atom is 0.315 e. The van der Waals surface area contributed by atoms with Gasteiger partial charge >= 0.3 is 5.97 Å². The van der Waals surface area contributed by atoms with E-state index in [-0.39, 0.29) is 12.3 Å². The standard InChI is InChI=1S/C9H10N4O3/c1-13-4-3-10-9(13)8-11-6(16-12-8)5-7(14)15-2/h3-4H,5H2,1-2H3. The van der Waals surface area contributed by atoms with Gasteiger partial charge in [0.2, 0.25) is 11.7 Å². The molecule has 7 nitrogen and oxygen atoms in total. The van der Waals surface area contributed by atoms with Crippen LogP contribution in [0.5, 0.6) is 0 Å². The number of rotatable bonds is 3. The van der Waals surface area contributed by atoms with Crippen LogP contribution in [0.25, 0.3) is 11.6 Å². The molecule has 0 atom stereocenters. The van der Waals surface area contributed by atoms with Crippen molar-refractivity contribution in [3.8, 4) is 11.6 Å². The molecule has 0 aliphatic rings. The summed E-state index contributed by atoms with van der Waals surface area (Å²) in [7, 11) is 3.12. The van der Waals surface area contributed by atoms with Crippen molar-refractivity contribution >= 4 is 5.97 Å². The first-order chi connectivity index (χ1) is 7.70. The molecule has 0 aromatic carbocycles. The summed E-state index contributed by atoms with van der Waals surface area (Å²) in [6.07, 6.45) is 3.37. The fourth-order valence-corrected chi connectivity index (χ4v) is 1.19. The third-order valence-electron chi connectivity index (χ3n) is 2.01. The first-order valence-corrected chi connectivity index (χ1v) is 4.58. The number of esters is 1. The van der Waals surface area contributed by atoms with Crippen LogP contribution in [0.3, 0.4) is 0 Å². The number of hydrogen-bond acceptors (Lipinski definition) is 6. The van der Waals surface area contributed by atoms with Crippen molar-refractivity contribution in [2.75, 3.05) is 7.11 Å². The molecule has 0 saturated heterocycles. The van der Waals surface area contributed by atoms with Gasteiger partial charge in [0.15, 0.2) is 5.82 Å². The molecule has 2 aromatic heterocycles. The van der Waals surface area contributed by atoms with Crippen molar-refractivity contribution in [3.05, 3.63) is 18.3 Å². The molecule has 0 bridgehead atoms. The Balaban J connectivity index is 2.20. The van der Waals surface area contributed by atoms with E-state index in [4.69, 9.17) is 4.52 Å². The zero-order valence-corrected chi connectivity index (χ0v) is 8.88. The predicted molar refractivity (Wildman–Crippen MR) is 52.2 cm³/mol. The lowest BCUT2D eigenvalue weighted by Gasteiger charge is -1.93. The summed E-state index contributed by atoms with van der Waals surface area (Å²) in [5.74, 6) is 0.728. The number of carbonyl (C=O) groups excluding carboxylic acids is 1. The Hall–Kier alpha value is -2.18. The van der Waals surface area contributed by atoms with Crippen LogP contribution in [0, 0.1) is 0 Å². The molecule has 0 spiro atoms. The molecule has 7 heteroatoms. The monoisotopic (exact) mass is 222 g/mol. The van der Waals surface area contributed by atoms with E-state index >= 15 is 0 Å². The number of nitrogens with zero attached hydrogens (tertiary/aromatic N) is 4. The number of methoxy groups -OCH3 is 1. The van der Waals surface area contributed by atoms with E-state index in [2.05, 4.69) is 19.9 Å². The third kappa shape index (κ3) is 1.92. The first-order valence-electron chi connectivity index (χ1n) is 4.58. The highest BCUT2D eigenvalue weighted by Crippen LogP contribution is 2.12. The van der Waals surface area contributed by atoms with E-state index in [0.29, 0.717) is 11.6 Å². The van der Waals surface area contributed by atoms with Crippen molar-refractivity contribution in [1.82, 2.24) is 19.7 Å². The topological polar surface area (TPSA) is 83.0 Å². The third-order valence-corrected chi connectivity index (χ3v) is 2.01. The molecule has 0 fully saturated rings. The second-order valence-corrected chi connectivity index (χ2v) is 3.13. The smallest absolute Gasteiger partial charge is 0.315 e. The molecule has 0 saturated carbocycles. The number of carbonyl (C=O) groups is 1. The average molecular weight is 222 g/mol. The van der Waals surface area contributed by atoms with E-state index in [1.807, 2.05) is 7.05 Å². The zero-order chi connectivity index (χ0) is 11.5. The van der Waals surface area contributed by atoms with Crippen molar-refractivity contribution in [1.29, 1.82) is 0 Å². The van der Waals surface area contributed by atoms with Crippen molar-refractivity contribution in [3.63, 3.8) is 0 Å². The van der Waals surface area contributed by atoms with Crippen LogP contribution < -0.4 is 0 Å². The van der Waals surface area contributed by atoms with Crippen LogP contribution in [-0.2, 0) is 23.0 Å². The average Bonchev–Trinajstić information content (AvgIpc) is 2.86. The molecular weight excluding hydrogens is 212 g/mol.